The summed E-state index contributed by atoms with van der Waals surface area (Å²) in [6, 6.07) is 5.30. The number of aliphatic hydroxyl groups excluding tert-OH is 1. The molecule has 0 unspecified atom stereocenters. The van der Waals surface area contributed by atoms with E-state index in [4.69, 9.17) is 5.73 Å². The summed E-state index contributed by atoms with van der Waals surface area (Å²) in [5.41, 5.74) is 6.96. The molecule has 5 N–H and O–H groups in total. The molecule has 6 nitrogen and oxygen atoms in total. The van der Waals surface area contributed by atoms with Crippen molar-refractivity contribution >= 4 is 22.5 Å². The van der Waals surface area contributed by atoms with Crippen molar-refractivity contribution in [3.8, 4) is 0 Å². The van der Waals surface area contributed by atoms with E-state index in [-0.39, 0.29) is 12.5 Å². The number of aromatic amines is 1. The lowest BCUT2D eigenvalue weighted by Crippen LogP contribution is -2.52. The molecule has 0 atom stereocenters. The number of nitrogens with one attached hydrogen (secondary N) is 2. The molecule has 3 rings (SSSR count). The van der Waals surface area contributed by atoms with Crippen LogP contribution in [0.25, 0.3) is 10.9 Å². The van der Waals surface area contributed by atoms with Crippen LogP contribution in [0.2, 0.25) is 0 Å². The number of hydrogen-bond acceptors (Lipinski definition) is 4. The zero-order valence-corrected chi connectivity index (χ0v) is 11.9. The van der Waals surface area contributed by atoms with Crippen molar-refractivity contribution in [3.05, 3.63) is 23.9 Å². The summed E-state index contributed by atoms with van der Waals surface area (Å²) in [6.07, 6.45) is 4.81. The molecule has 1 saturated carbocycles. The van der Waals surface area contributed by atoms with E-state index < -0.39 is 5.54 Å². The lowest BCUT2D eigenvalue weighted by molar-refractivity contribution is 0.0755. The summed E-state index contributed by atoms with van der Waals surface area (Å²) in [5, 5.41) is 20.3. The molecule has 1 aromatic carbocycles. The van der Waals surface area contributed by atoms with E-state index in [0.717, 1.165) is 37.6 Å². The van der Waals surface area contributed by atoms with Gasteiger partial charge in [0, 0.05) is 11.1 Å². The van der Waals surface area contributed by atoms with Crippen molar-refractivity contribution in [2.24, 2.45) is 0 Å². The minimum Gasteiger partial charge on any atom is -0.399 e. The Bertz CT molecular complexity index is 659. The number of carbonyl (C=O) groups is 1. The van der Waals surface area contributed by atoms with Crippen LogP contribution in [0.5, 0.6) is 0 Å². The number of anilines is 1. The maximum Gasteiger partial charge on any atom is 0.272 e. The van der Waals surface area contributed by atoms with Gasteiger partial charge in [0.05, 0.1) is 17.7 Å². The van der Waals surface area contributed by atoms with Crippen LogP contribution >= 0.6 is 0 Å². The number of carbonyl (C=O) groups excluding carboxylic acids is 1. The van der Waals surface area contributed by atoms with Gasteiger partial charge in [-0.05, 0) is 31.0 Å². The standard InChI is InChI=1S/C15H20N4O2/c16-10-4-5-12-11(8-10)13(19-18-12)14(21)17-15(9-20)6-2-1-3-7-15/h4-5,8,20H,1-3,6-7,9,16H2,(H,17,21)(H,18,19). The third-order valence-corrected chi connectivity index (χ3v) is 4.29. The fourth-order valence-corrected chi connectivity index (χ4v) is 3.06. The lowest BCUT2D eigenvalue weighted by Gasteiger charge is -2.36. The van der Waals surface area contributed by atoms with E-state index in [1.807, 2.05) is 0 Å². The van der Waals surface area contributed by atoms with E-state index in [0.29, 0.717) is 16.8 Å². The number of nitrogen functional groups attached to an aromatic ring is 1. The normalized spacial score (nSPS) is 17.8. The number of hydrogen-bond donors (Lipinski definition) is 4. The van der Waals surface area contributed by atoms with Crippen LogP contribution in [-0.2, 0) is 0 Å². The second-order valence-corrected chi connectivity index (χ2v) is 5.83. The molecule has 1 fully saturated rings. The Morgan fingerprint density at radius 2 is 2.14 bits per heavy atom. The van der Waals surface area contributed by atoms with E-state index in [9.17, 15) is 9.90 Å². The van der Waals surface area contributed by atoms with Gasteiger partial charge in [-0.2, -0.15) is 5.10 Å². The van der Waals surface area contributed by atoms with E-state index in [1.165, 1.54) is 0 Å². The molecule has 1 aliphatic rings. The first-order chi connectivity index (χ1) is 10.1. The van der Waals surface area contributed by atoms with Crippen molar-refractivity contribution < 1.29 is 9.90 Å². The molecule has 1 aromatic heterocycles. The molecule has 0 spiro atoms. The number of benzene rings is 1. The van der Waals surface area contributed by atoms with Gasteiger partial charge in [0.25, 0.3) is 5.91 Å². The Labute approximate surface area is 122 Å². The summed E-state index contributed by atoms with van der Waals surface area (Å²) in [5.74, 6) is -0.261. The van der Waals surface area contributed by atoms with Crippen LogP contribution in [0.3, 0.4) is 0 Å². The quantitative estimate of drug-likeness (QED) is 0.643. The molecule has 1 heterocycles. The molecule has 2 aromatic rings. The lowest BCUT2D eigenvalue weighted by atomic mass is 9.82. The number of aromatic nitrogens is 2. The Morgan fingerprint density at radius 3 is 2.86 bits per heavy atom. The highest BCUT2D eigenvalue weighted by atomic mass is 16.3. The average Bonchev–Trinajstić information content (AvgIpc) is 2.91. The summed E-state index contributed by atoms with van der Waals surface area (Å²) in [6.45, 7) is -0.0385. The molecule has 1 amide bonds. The average molecular weight is 288 g/mol. The molecule has 21 heavy (non-hydrogen) atoms. The maximum atomic E-state index is 12.5. The van der Waals surface area contributed by atoms with Crippen LogP contribution in [-0.4, -0.2) is 33.4 Å². The summed E-state index contributed by atoms with van der Waals surface area (Å²) in [7, 11) is 0. The molecule has 0 bridgehead atoms. The van der Waals surface area contributed by atoms with Gasteiger partial charge in [0.1, 0.15) is 0 Å². The largest absolute Gasteiger partial charge is 0.399 e. The highest BCUT2D eigenvalue weighted by Crippen LogP contribution is 2.28. The van der Waals surface area contributed by atoms with Crippen molar-refractivity contribution in [2.75, 3.05) is 12.3 Å². The number of rotatable bonds is 3. The van der Waals surface area contributed by atoms with Gasteiger partial charge in [-0.25, -0.2) is 0 Å². The first-order valence-electron chi connectivity index (χ1n) is 7.30. The molecule has 0 radical (unpaired) electrons. The van der Waals surface area contributed by atoms with Crippen LogP contribution in [0.4, 0.5) is 5.69 Å². The van der Waals surface area contributed by atoms with E-state index in [2.05, 4.69) is 15.5 Å². The minimum absolute atomic E-state index is 0.0385. The predicted octanol–water partition coefficient (Wildman–Crippen LogP) is 1.57. The Kier molecular flexibility index (Phi) is 3.55. The first-order valence-corrected chi connectivity index (χ1v) is 7.30. The second-order valence-electron chi connectivity index (χ2n) is 5.83. The highest BCUT2D eigenvalue weighted by Gasteiger charge is 2.34. The van der Waals surface area contributed by atoms with Crippen LogP contribution < -0.4 is 11.1 Å². The minimum atomic E-state index is -0.513. The smallest absolute Gasteiger partial charge is 0.272 e. The van der Waals surface area contributed by atoms with Gasteiger partial charge in [-0.3, -0.25) is 9.89 Å². The molecule has 0 saturated heterocycles. The summed E-state index contributed by atoms with van der Waals surface area (Å²) >= 11 is 0. The van der Waals surface area contributed by atoms with Crippen LogP contribution in [0.15, 0.2) is 18.2 Å². The SMILES string of the molecule is Nc1ccc2[nH]nc(C(=O)NC3(CO)CCCCC3)c2c1. The zero-order chi connectivity index (χ0) is 14.9. The number of fused-ring (bicyclic) bond motifs is 1. The van der Waals surface area contributed by atoms with Crippen molar-refractivity contribution in [1.29, 1.82) is 0 Å². The molecular weight excluding hydrogens is 268 g/mol. The van der Waals surface area contributed by atoms with Crippen molar-refractivity contribution in [1.82, 2.24) is 15.5 Å². The van der Waals surface area contributed by atoms with Crippen molar-refractivity contribution in [3.63, 3.8) is 0 Å². The molecule has 112 valence electrons. The van der Waals surface area contributed by atoms with Gasteiger partial charge in [-0.1, -0.05) is 19.3 Å². The van der Waals surface area contributed by atoms with Gasteiger partial charge < -0.3 is 16.2 Å². The van der Waals surface area contributed by atoms with Gasteiger partial charge >= 0.3 is 0 Å². The third-order valence-electron chi connectivity index (χ3n) is 4.29. The first kappa shape index (κ1) is 13.9. The zero-order valence-electron chi connectivity index (χ0n) is 11.9. The number of nitrogens with zero attached hydrogens (tertiary/aromatic N) is 1. The van der Waals surface area contributed by atoms with Crippen LogP contribution in [0.1, 0.15) is 42.6 Å². The third kappa shape index (κ3) is 2.58. The predicted molar refractivity (Wildman–Crippen MR) is 80.9 cm³/mol. The maximum absolute atomic E-state index is 12.5. The number of amides is 1. The second kappa shape index (κ2) is 5.37. The Balaban J connectivity index is 1.88. The van der Waals surface area contributed by atoms with Crippen molar-refractivity contribution in [2.45, 2.75) is 37.6 Å². The highest BCUT2D eigenvalue weighted by molar-refractivity contribution is 6.05. The van der Waals surface area contributed by atoms with Gasteiger partial charge in [-0.15, -0.1) is 0 Å². The number of aliphatic hydroxyl groups is 1. The van der Waals surface area contributed by atoms with E-state index in [1.54, 1.807) is 18.2 Å². The fraction of sp³-hybridized carbons (Fsp3) is 0.467. The van der Waals surface area contributed by atoms with E-state index >= 15 is 0 Å². The monoisotopic (exact) mass is 288 g/mol. The molecule has 6 heteroatoms. The summed E-state index contributed by atoms with van der Waals surface area (Å²) < 4.78 is 0. The molecular formula is C15H20N4O2. The molecule has 0 aliphatic heterocycles. The number of nitrogens with two attached hydrogens (primary N) is 1. The molecule has 1 aliphatic carbocycles. The summed E-state index contributed by atoms with van der Waals surface area (Å²) in [4.78, 5) is 12.5. The number of H-pyrrole nitrogens is 1. The Morgan fingerprint density at radius 1 is 1.38 bits per heavy atom. The Hall–Kier alpha value is -2.08. The topological polar surface area (TPSA) is 104 Å². The van der Waals surface area contributed by atoms with Gasteiger partial charge in [0.15, 0.2) is 5.69 Å². The van der Waals surface area contributed by atoms with Crippen LogP contribution in [0, 0.1) is 0 Å². The fourth-order valence-electron chi connectivity index (χ4n) is 3.06. The van der Waals surface area contributed by atoms with Gasteiger partial charge in [0.2, 0.25) is 0 Å².